The summed E-state index contributed by atoms with van der Waals surface area (Å²) in [4.78, 5) is 13.2. The van der Waals surface area contributed by atoms with Crippen LogP contribution >= 0.6 is 23.4 Å². The first-order valence-corrected chi connectivity index (χ1v) is 7.49. The Hall–Kier alpha value is -0.790. The van der Waals surface area contributed by atoms with E-state index in [1.165, 1.54) is 11.8 Å². The number of hydrogen-bond donors (Lipinski definition) is 2. The number of aliphatic hydroxyl groups excluding tert-OH is 1. The molecule has 1 aromatic rings. The van der Waals surface area contributed by atoms with Crippen molar-refractivity contribution in [2.24, 2.45) is 0 Å². The van der Waals surface area contributed by atoms with Crippen LogP contribution in [-0.2, 0) is 9.53 Å². The lowest BCUT2D eigenvalue weighted by atomic mass is 10.4. The first-order chi connectivity index (χ1) is 9.61. The Balaban J connectivity index is 0.000000217. The van der Waals surface area contributed by atoms with Gasteiger partial charge in [0.05, 0.1) is 25.7 Å². The van der Waals surface area contributed by atoms with E-state index >= 15 is 0 Å². The maximum atomic E-state index is 10.2. The highest BCUT2D eigenvalue weighted by Crippen LogP contribution is 2.19. The zero-order chi connectivity index (χ0) is 14.8. The summed E-state index contributed by atoms with van der Waals surface area (Å²) in [5.74, 6) is -0.725. The third-order valence-corrected chi connectivity index (χ3v) is 3.67. The van der Waals surface area contributed by atoms with Crippen molar-refractivity contribution in [2.75, 3.05) is 38.8 Å². The third-order valence-electron chi connectivity index (χ3n) is 2.42. The molecule has 1 aliphatic heterocycles. The molecule has 0 aromatic heterocycles. The predicted molar refractivity (Wildman–Crippen MR) is 79.3 cm³/mol. The molecule has 0 spiro atoms. The Bertz CT molecular complexity index is 396. The van der Waals surface area contributed by atoms with Crippen LogP contribution in [0.3, 0.4) is 0 Å². The van der Waals surface area contributed by atoms with Crippen LogP contribution in [0.4, 0.5) is 0 Å². The van der Waals surface area contributed by atoms with E-state index in [1.54, 1.807) is 24.3 Å². The zero-order valence-electron chi connectivity index (χ0n) is 11.0. The van der Waals surface area contributed by atoms with Crippen molar-refractivity contribution in [3.05, 3.63) is 29.3 Å². The lowest BCUT2D eigenvalue weighted by molar-refractivity contribution is -0.133. The Morgan fingerprint density at radius 1 is 1.40 bits per heavy atom. The maximum absolute atomic E-state index is 10.2. The average molecular weight is 320 g/mol. The molecule has 0 saturated carbocycles. The van der Waals surface area contributed by atoms with E-state index < -0.39 is 5.97 Å². The van der Waals surface area contributed by atoms with Gasteiger partial charge in [0.2, 0.25) is 0 Å². The fourth-order valence-electron chi connectivity index (χ4n) is 1.45. The Kier molecular flexibility index (Phi) is 8.64. The van der Waals surface area contributed by atoms with Crippen molar-refractivity contribution in [3.63, 3.8) is 0 Å². The van der Waals surface area contributed by atoms with E-state index in [4.69, 9.17) is 26.6 Å². The largest absolute Gasteiger partial charge is 0.481 e. The number of nitrogens with zero attached hydrogens (tertiary/aromatic N) is 1. The molecule has 0 atom stereocenters. The number of carboxylic acids is 1. The molecule has 20 heavy (non-hydrogen) atoms. The quantitative estimate of drug-likeness (QED) is 0.806. The standard InChI is InChI=1S/C8H7ClO2S.C5H11NO2/c9-6-1-3-7(4-2-6)12-5-8(10)11;7-3-1-6-2-4-8-5-6/h1-4H,5H2,(H,10,11);7H,1-5H2. The van der Waals surface area contributed by atoms with Gasteiger partial charge in [-0.25, -0.2) is 0 Å². The second kappa shape index (κ2) is 10.0. The molecule has 112 valence electrons. The van der Waals surface area contributed by atoms with Crippen molar-refractivity contribution in [3.8, 4) is 0 Å². The summed E-state index contributed by atoms with van der Waals surface area (Å²) in [6, 6.07) is 7.09. The molecule has 0 radical (unpaired) electrons. The number of aliphatic hydroxyl groups is 1. The topological polar surface area (TPSA) is 70.0 Å². The minimum absolute atomic E-state index is 0.0850. The van der Waals surface area contributed by atoms with Crippen molar-refractivity contribution in [1.82, 2.24) is 4.90 Å². The van der Waals surface area contributed by atoms with Crippen molar-refractivity contribution < 1.29 is 19.7 Å². The van der Waals surface area contributed by atoms with Crippen LogP contribution in [0.1, 0.15) is 0 Å². The molecule has 1 saturated heterocycles. The monoisotopic (exact) mass is 319 g/mol. The fraction of sp³-hybridized carbons (Fsp3) is 0.462. The number of ether oxygens (including phenoxy) is 1. The van der Waals surface area contributed by atoms with Crippen LogP contribution in [0.15, 0.2) is 29.2 Å². The molecule has 1 heterocycles. The van der Waals surface area contributed by atoms with Crippen molar-refractivity contribution in [1.29, 1.82) is 0 Å². The number of aliphatic carboxylic acids is 1. The summed E-state index contributed by atoms with van der Waals surface area (Å²) in [5, 5.41) is 17.5. The molecule has 1 aromatic carbocycles. The van der Waals surface area contributed by atoms with E-state index in [0.717, 1.165) is 24.6 Å². The van der Waals surface area contributed by atoms with Crippen molar-refractivity contribution in [2.45, 2.75) is 4.90 Å². The molecule has 0 bridgehead atoms. The average Bonchev–Trinajstić information content (AvgIpc) is 2.92. The summed E-state index contributed by atoms with van der Waals surface area (Å²) in [7, 11) is 0. The van der Waals surface area contributed by atoms with Crippen LogP contribution in [0.5, 0.6) is 0 Å². The molecule has 1 aliphatic rings. The normalized spacial score (nSPS) is 14.7. The van der Waals surface area contributed by atoms with Gasteiger partial charge < -0.3 is 14.9 Å². The summed E-state index contributed by atoms with van der Waals surface area (Å²) in [6.07, 6.45) is 0. The molecule has 7 heteroatoms. The second-order valence-electron chi connectivity index (χ2n) is 4.02. The van der Waals surface area contributed by atoms with Crippen LogP contribution < -0.4 is 0 Å². The highest BCUT2D eigenvalue weighted by Gasteiger charge is 2.09. The number of hydrogen-bond acceptors (Lipinski definition) is 5. The molecule has 2 N–H and O–H groups in total. The molecular formula is C13H18ClNO4S. The van der Waals surface area contributed by atoms with Crippen molar-refractivity contribution >= 4 is 29.3 Å². The van der Waals surface area contributed by atoms with Gasteiger partial charge in [-0.15, -0.1) is 11.8 Å². The Labute approximate surface area is 127 Å². The molecular weight excluding hydrogens is 302 g/mol. The zero-order valence-corrected chi connectivity index (χ0v) is 12.6. The second-order valence-corrected chi connectivity index (χ2v) is 5.50. The van der Waals surface area contributed by atoms with Gasteiger partial charge in [0.1, 0.15) is 0 Å². The van der Waals surface area contributed by atoms with Gasteiger partial charge in [-0.3, -0.25) is 9.69 Å². The van der Waals surface area contributed by atoms with E-state index in [-0.39, 0.29) is 12.4 Å². The molecule has 0 amide bonds. The lowest BCUT2D eigenvalue weighted by Crippen LogP contribution is -2.23. The van der Waals surface area contributed by atoms with E-state index in [0.29, 0.717) is 11.8 Å². The minimum Gasteiger partial charge on any atom is -0.481 e. The fourth-order valence-corrected chi connectivity index (χ4v) is 2.19. The first kappa shape index (κ1) is 17.3. The first-order valence-electron chi connectivity index (χ1n) is 6.13. The molecule has 2 rings (SSSR count). The molecule has 5 nitrogen and oxygen atoms in total. The smallest absolute Gasteiger partial charge is 0.313 e. The van der Waals surface area contributed by atoms with Gasteiger partial charge in [-0.1, -0.05) is 11.6 Å². The summed E-state index contributed by atoms with van der Waals surface area (Å²) >= 11 is 6.93. The van der Waals surface area contributed by atoms with Gasteiger partial charge in [-0.05, 0) is 24.3 Å². The van der Waals surface area contributed by atoms with E-state index in [9.17, 15) is 4.79 Å². The van der Waals surface area contributed by atoms with Gasteiger partial charge in [0.25, 0.3) is 0 Å². The van der Waals surface area contributed by atoms with Gasteiger partial charge in [0, 0.05) is 23.0 Å². The third kappa shape index (κ3) is 7.72. The molecule has 1 fully saturated rings. The minimum atomic E-state index is -0.810. The number of benzene rings is 1. The number of rotatable bonds is 5. The van der Waals surface area contributed by atoms with E-state index in [1.807, 2.05) is 0 Å². The Morgan fingerprint density at radius 3 is 2.60 bits per heavy atom. The van der Waals surface area contributed by atoms with Gasteiger partial charge in [-0.2, -0.15) is 0 Å². The van der Waals surface area contributed by atoms with Gasteiger partial charge in [0.15, 0.2) is 0 Å². The van der Waals surface area contributed by atoms with Crippen LogP contribution in [0.2, 0.25) is 5.02 Å². The number of β-amino-alcohol motifs (C(OH)–C–C–N with tert-alkyl or cyclic N) is 1. The molecule has 0 aliphatic carbocycles. The van der Waals surface area contributed by atoms with Crippen LogP contribution in [0.25, 0.3) is 0 Å². The van der Waals surface area contributed by atoms with Crippen LogP contribution in [0, 0.1) is 0 Å². The Morgan fingerprint density at radius 2 is 2.10 bits per heavy atom. The summed E-state index contributed by atoms with van der Waals surface area (Å²) < 4.78 is 5.02. The molecule has 0 unspecified atom stereocenters. The van der Waals surface area contributed by atoms with Crippen LogP contribution in [-0.4, -0.2) is 59.9 Å². The number of carboxylic acid groups (broad SMARTS) is 1. The lowest BCUT2D eigenvalue weighted by Gasteiger charge is -2.08. The number of halogens is 1. The predicted octanol–water partition coefficient (Wildman–Crippen LogP) is 1.79. The maximum Gasteiger partial charge on any atom is 0.313 e. The summed E-state index contributed by atoms with van der Waals surface area (Å²) in [5.41, 5.74) is 0. The number of thioether (sulfide) groups is 1. The highest BCUT2D eigenvalue weighted by molar-refractivity contribution is 8.00. The van der Waals surface area contributed by atoms with Gasteiger partial charge >= 0.3 is 5.97 Å². The SMILES string of the molecule is O=C(O)CSc1ccc(Cl)cc1.OCCN1CCOC1. The highest BCUT2D eigenvalue weighted by atomic mass is 35.5. The summed E-state index contributed by atoms with van der Waals surface area (Å²) in [6.45, 7) is 3.48. The van der Waals surface area contributed by atoms with E-state index in [2.05, 4.69) is 4.90 Å². The number of carbonyl (C=O) groups is 1.